The van der Waals surface area contributed by atoms with Crippen LogP contribution < -0.4 is 0 Å². The van der Waals surface area contributed by atoms with E-state index in [4.69, 9.17) is 0 Å². The van der Waals surface area contributed by atoms with Crippen molar-refractivity contribution < 1.29 is 13.9 Å². The molecule has 1 aromatic carbocycles. The first-order valence-electron chi connectivity index (χ1n) is 5.53. The van der Waals surface area contributed by atoms with Crippen molar-refractivity contribution in [2.24, 2.45) is 0 Å². The van der Waals surface area contributed by atoms with Crippen LogP contribution in [0.2, 0.25) is 0 Å². The second-order valence-corrected chi connectivity index (χ2v) is 4.13. The van der Waals surface area contributed by atoms with Gasteiger partial charge in [0.05, 0.1) is 12.6 Å². The summed E-state index contributed by atoms with van der Waals surface area (Å²) in [6.45, 7) is 1.84. The van der Waals surface area contributed by atoms with E-state index in [1.54, 1.807) is 6.92 Å². The Morgan fingerprint density at radius 2 is 2.17 bits per heavy atom. The summed E-state index contributed by atoms with van der Waals surface area (Å²) in [7, 11) is 0. The van der Waals surface area contributed by atoms with E-state index in [2.05, 4.69) is 10.1 Å². The zero-order valence-corrected chi connectivity index (χ0v) is 9.79. The third-order valence-electron chi connectivity index (χ3n) is 2.79. The molecule has 0 saturated carbocycles. The fraction of sp³-hybridized carbons (Fsp3) is 0.333. The Kier molecular flexibility index (Phi) is 3.66. The van der Waals surface area contributed by atoms with Crippen LogP contribution in [0.4, 0.5) is 8.78 Å². The lowest BCUT2D eigenvalue weighted by Crippen LogP contribution is -2.22. The zero-order valence-electron chi connectivity index (χ0n) is 9.79. The van der Waals surface area contributed by atoms with E-state index in [0.717, 1.165) is 6.07 Å². The predicted molar refractivity (Wildman–Crippen MR) is 60.8 cm³/mol. The Morgan fingerprint density at radius 3 is 2.72 bits per heavy atom. The van der Waals surface area contributed by atoms with Crippen LogP contribution in [0.1, 0.15) is 18.4 Å². The second-order valence-electron chi connectivity index (χ2n) is 4.13. The summed E-state index contributed by atoms with van der Waals surface area (Å²) >= 11 is 0. The third-order valence-corrected chi connectivity index (χ3v) is 2.79. The lowest BCUT2D eigenvalue weighted by atomic mass is 9.93. The van der Waals surface area contributed by atoms with Gasteiger partial charge in [-0.2, -0.15) is 5.10 Å². The third kappa shape index (κ3) is 2.70. The van der Waals surface area contributed by atoms with E-state index in [1.165, 1.54) is 29.5 Å². The molecule has 2 aromatic rings. The first-order valence-corrected chi connectivity index (χ1v) is 5.53. The molecule has 0 fully saturated rings. The highest BCUT2D eigenvalue weighted by molar-refractivity contribution is 5.23. The van der Waals surface area contributed by atoms with Crippen LogP contribution in [0.3, 0.4) is 0 Å². The molecule has 2 rings (SSSR count). The van der Waals surface area contributed by atoms with Gasteiger partial charge in [0.15, 0.2) is 0 Å². The number of halogens is 2. The molecule has 0 spiro atoms. The van der Waals surface area contributed by atoms with E-state index < -0.39 is 23.7 Å². The van der Waals surface area contributed by atoms with Crippen LogP contribution in [-0.4, -0.2) is 26.0 Å². The van der Waals surface area contributed by atoms with Gasteiger partial charge in [-0.05, 0) is 18.6 Å². The molecule has 2 atom stereocenters. The molecular weight excluding hydrogens is 240 g/mol. The number of hydrogen-bond acceptors (Lipinski definition) is 3. The maximum Gasteiger partial charge on any atom is 0.137 e. The standard InChI is InChI=1S/C12H13F2N3O/c1-8(18)11(5-17-7-15-6-16-17)10-3-2-9(13)4-12(10)14/h2-4,6-8,11,18H,5H2,1H3/t8-,11?/m0/s1. The number of benzene rings is 1. The molecule has 6 heteroatoms. The van der Waals surface area contributed by atoms with E-state index in [9.17, 15) is 13.9 Å². The topological polar surface area (TPSA) is 50.9 Å². The number of rotatable bonds is 4. The van der Waals surface area contributed by atoms with Gasteiger partial charge in [0.1, 0.15) is 24.3 Å². The molecule has 1 aromatic heterocycles. The molecule has 1 heterocycles. The van der Waals surface area contributed by atoms with Crippen molar-refractivity contribution in [3.8, 4) is 0 Å². The summed E-state index contributed by atoms with van der Waals surface area (Å²) in [4.78, 5) is 3.78. The number of nitrogens with zero attached hydrogens (tertiary/aromatic N) is 3. The molecule has 1 N–H and O–H groups in total. The Bertz CT molecular complexity index is 514. The molecule has 18 heavy (non-hydrogen) atoms. The minimum atomic E-state index is -0.783. The van der Waals surface area contributed by atoms with Crippen molar-refractivity contribution in [2.75, 3.05) is 0 Å². The maximum absolute atomic E-state index is 13.7. The Labute approximate surface area is 103 Å². The zero-order chi connectivity index (χ0) is 13.1. The van der Waals surface area contributed by atoms with E-state index in [-0.39, 0.29) is 12.1 Å². The molecule has 0 amide bonds. The van der Waals surface area contributed by atoms with Crippen LogP contribution in [-0.2, 0) is 6.54 Å². The van der Waals surface area contributed by atoms with Crippen LogP contribution in [0.25, 0.3) is 0 Å². The minimum Gasteiger partial charge on any atom is -0.393 e. The highest BCUT2D eigenvalue weighted by Crippen LogP contribution is 2.25. The summed E-state index contributed by atoms with van der Waals surface area (Å²) in [6.07, 6.45) is 2.06. The monoisotopic (exact) mass is 253 g/mol. The summed E-state index contributed by atoms with van der Waals surface area (Å²) < 4.78 is 28.1. The summed E-state index contributed by atoms with van der Waals surface area (Å²) in [5, 5.41) is 13.6. The van der Waals surface area contributed by atoms with E-state index in [1.807, 2.05) is 0 Å². The van der Waals surface area contributed by atoms with Crippen molar-refractivity contribution in [2.45, 2.75) is 25.5 Å². The molecule has 0 aliphatic heterocycles. The number of aliphatic hydroxyl groups is 1. The summed E-state index contributed by atoms with van der Waals surface area (Å²) in [5.41, 5.74) is 0.266. The molecule has 0 radical (unpaired) electrons. The fourth-order valence-corrected chi connectivity index (χ4v) is 1.84. The van der Waals surface area contributed by atoms with Crippen LogP contribution in [0, 0.1) is 11.6 Å². The molecule has 96 valence electrons. The van der Waals surface area contributed by atoms with E-state index in [0.29, 0.717) is 0 Å². The van der Waals surface area contributed by atoms with Crippen LogP contribution in [0.5, 0.6) is 0 Å². The molecule has 0 aliphatic carbocycles. The normalized spacial score (nSPS) is 14.4. The highest BCUT2D eigenvalue weighted by atomic mass is 19.1. The fourth-order valence-electron chi connectivity index (χ4n) is 1.84. The summed E-state index contributed by atoms with van der Waals surface area (Å²) in [5.74, 6) is -1.81. The van der Waals surface area contributed by atoms with Crippen molar-refractivity contribution in [3.63, 3.8) is 0 Å². The Morgan fingerprint density at radius 1 is 1.39 bits per heavy atom. The average Bonchev–Trinajstić information content (AvgIpc) is 2.79. The van der Waals surface area contributed by atoms with Gasteiger partial charge >= 0.3 is 0 Å². The lowest BCUT2D eigenvalue weighted by molar-refractivity contribution is 0.149. The summed E-state index contributed by atoms with van der Waals surface area (Å²) in [6, 6.07) is 3.33. The molecular formula is C12H13F2N3O. The quantitative estimate of drug-likeness (QED) is 0.902. The smallest absolute Gasteiger partial charge is 0.137 e. The molecule has 0 bridgehead atoms. The van der Waals surface area contributed by atoms with Gasteiger partial charge in [0, 0.05) is 12.0 Å². The Balaban J connectivity index is 2.29. The first-order chi connectivity index (χ1) is 8.58. The predicted octanol–water partition coefficient (Wildman–Crippen LogP) is 1.72. The average molecular weight is 253 g/mol. The Hall–Kier alpha value is -1.82. The van der Waals surface area contributed by atoms with E-state index >= 15 is 0 Å². The number of hydrogen-bond donors (Lipinski definition) is 1. The molecule has 4 nitrogen and oxygen atoms in total. The molecule has 0 aliphatic rings. The van der Waals surface area contributed by atoms with Crippen molar-refractivity contribution in [3.05, 3.63) is 48.1 Å². The van der Waals surface area contributed by atoms with Gasteiger partial charge in [0.25, 0.3) is 0 Å². The van der Waals surface area contributed by atoms with Gasteiger partial charge in [-0.15, -0.1) is 0 Å². The van der Waals surface area contributed by atoms with Crippen molar-refractivity contribution in [1.82, 2.24) is 14.8 Å². The van der Waals surface area contributed by atoms with Crippen molar-refractivity contribution in [1.29, 1.82) is 0 Å². The first kappa shape index (κ1) is 12.6. The van der Waals surface area contributed by atoms with Gasteiger partial charge in [-0.1, -0.05) is 6.07 Å². The van der Waals surface area contributed by atoms with Crippen molar-refractivity contribution >= 4 is 0 Å². The maximum atomic E-state index is 13.7. The van der Waals surface area contributed by atoms with Gasteiger partial charge in [0.2, 0.25) is 0 Å². The number of aromatic nitrogens is 3. The minimum absolute atomic E-state index is 0.266. The highest BCUT2D eigenvalue weighted by Gasteiger charge is 2.22. The SMILES string of the molecule is C[C@H](O)C(Cn1cncn1)c1ccc(F)cc1F. The van der Waals surface area contributed by atoms with Crippen LogP contribution >= 0.6 is 0 Å². The number of aliphatic hydroxyl groups excluding tert-OH is 1. The van der Waals surface area contributed by atoms with Gasteiger partial charge in [-0.25, -0.2) is 13.8 Å². The molecule has 0 saturated heterocycles. The van der Waals surface area contributed by atoms with Gasteiger partial charge < -0.3 is 5.11 Å². The van der Waals surface area contributed by atoms with Crippen LogP contribution in [0.15, 0.2) is 30.9 Å². The van der Waals surface area contributed by atoms with Gasteiger partial charge in [-0.3, -0.25) is 4.68 Å². The molecule has 1 unspecified atom stereocenters. The largest absolute Gasteiger partial charge is 0.393 e. The lowest BCUT2D eigenvalue weighted by Gasteiger charge is -2.20. The second kappa shape index (κ2) is 5.22.